The highest BCUT2D eigenvalue weighted by molar-refractivity contribution is 8.35. The van der Waals surface area contributed by atoms with E-state index in [-0.39, 0.29) is 4.45 Å². The molecule has 2 rings (SSSR count). The van der Waals surface area contributed by atoms with Gasteiger partial charge in [0.15, 0.2) is 0 Å². The van der Waals surface area contributed by atoms with Gasteiger partial charge < -0.3 is 8.37 Å². The molecule has 0 bridgehead atoms. The van der Waals surface area contributed by atoms with Gasteiger partial charge in [0.1, 0.15) is 35.6 Å². The second-order valence-corrected chi connectivity index (χ2v) is 4.88. The number of carbonyl (C=O) groups is 1. The average Bonchev–Trinajstić information content (AvgIpc) is 2.45. The topological polar surface area (TPSA) is 35.5 Å². The normalized spacial score (nSPS) is 9.78. The van der Waals surface area contributed by atoms with Crippen LogP contribution >= 0.6 is 24.1 Å². The van der Waals surface area contributed by atoms with Gasteiger partial charge in [0.2, 0.25) is 0 Å². The molecule has 0 saturated heterocycles. The van der Waals surface area contributed by atoms with E-state index in [9.17, 15) is 4.79 Å². The van der Waals surface area contributed by atoms with E-state index in [1.807, 2.05) is 36.4 Å². The van der Waals surface area contributed by atoms with E-state index in [2.05, 4.69) is 0 Å². The van der Waals surface area contributed by atoms with Crippen LogP contribution in [0.15, 0.2) is 60.7 Å². The standard InChI is InChI=1S/C13H10O3S2/c14-13(17-15-11-7-3-1-4-8-11)18-16-12-9-5-2-6-10-12/h1-10H. The molecule has 0 aliphatic rings. The minimum atomic E-state index is -0.261. The molecule has 3 nitrogen and oxygen atoms in total. The molecular weight excluding hydrogens is 268 g/mol. The molecule has 92 valence electrons. The van der Waals surface area contributed by atoms with Crippen molar-refractivity contribution in [1.29, 1.82) is 0 Å². The van der Waals surface area contributed by atoms with Crippen LogP contribution in [0, 0.1) is 0 Å². The maximum atomic E-state index is 11.5. The van der Waals surface area contributed by atoms with E-state index in [4.69, 9.17) is 8.37 Å². The van der Waals surface area contributed by atoms with Crippen LogP contribution in [-0.2, 0) is 0 Å². The maximum absolute atomic E-state index is 11.5. The molecule has 0 atom stereocenters. The maximum Gasteiger partial charge on any atom is 0.323 e. The molecule has 0 heterocycles. The zero-order valence-corrected chi connectivity index (χ0v) is 10.9. The first-order valence-corrected chi connectivity index (χ1v) is 6.66. The van der Waals surface area contributed by atoms with Crippen LogP contribution in [0.2, 0.25) is 0 Å². The van der Waals surface area contributed by atoms with Crippen LogP contribution in [0.25, 0.3) is 0 Å². The second-order valence-electron chi connectivity index (χ2n) is 3.21. The molecule has 0 fully saturated rings. The van der Waals surface area contributed by atoms with Gasteiger partial charge in [-0.05, 0) is 24.3 Å². The molecule has 0 amide bonds. The third-order valence-electron chi connectivity index (χ3n) is 1.90. The molecule has 5 heteroatoms. The van der Waals surface area contributed by atoms with Gasteiger partial charge in [-0.2, -0.15) is 0 Å². The first-order valence-electron chi connectivity index (χ1n) is 5.18. The third kappa shape index (κ3) is 4.35. The fraction of sp³-hybridized carbons (Fsp3) is 0. The summed E-state index contributed by atoms with van der Waals surface area (Å²) in [5.41, 5.74) is 0. The first-order chi connectivity index (χ1) is 8.84. The van der Waals surface area contributed by atoms with Gasteiger partial charge in [0, 0.05) is 0 Å². The zero-order chi connectivity index (χ0) is 12.6. The van der Waals surface area contributed by atoms with Crippen LogP contribution < -0.4 is 8.37 Å². The van der Waals surface area contributed by atoms with Crippen molar-refractivity contribution in [3.63, 3.8) is 0 Å². The van der Waals surface area contributed by atoms with Gasteiger partial charge in [-0.25, -0.2) is 0 Å². The average molecular weight is 278 g/mol. The summed E-state index contributed by atoms with van der Waals surface area (Å²) in [6, 6.07) is 18.3. The predicted octanol–water partition coefficient (Wildman–Crippen LogP) is 4.56. The van der Waals surface area contributed by atoms with Gasteiger partial charge in [0.05, 0.1) is 0 Å². The molecule has 2 aromatic carbocycles. The SMILES string of the molecule is O=C(SOc1ccccc1)SOc1ccccc1. The Morgan fingerprint density at radius 2 is 1.11 bits per heavy atom. The van der Waals surface area contributed by atoms with E-state index in [1.54, 1.807) is 24.3 Å². The molecule has 0 aliphatic heterocycles. The van der Waals surface area contributed by atoms with Crippen LogP contribution in [-0.4, -0.2) is 4.45 Å². The lowest BCUT2D eigenvalue weighted by Crippen LogP contribution is -1.91. The fourth-order valence-corrected chi connectivity index (χ4v) is 2.00. The molecule has 0 spiro atoms. The molecule has 0 unspecified atom stereocenters. The van der Waals surface area contributed by atoms with Gasteiger partial charge in [-0.1, -0.05) is 36.4 Å². The second kappa shape index (κ2) is 6.98. The van der Waals surface area contributed by atoms with Crippen molar-refractivity contribution >= 4 is 28.5 Å². The van der Waals surface area contributed by atoms with E-state index in [1.165, 1.54) is 0 Å². The summed E-state index contributed by atoms with van der Waals surface area (Å²) in [5, 5.41) is 0. The van der Waals surface area contributed by atoms with Crippen LogP contribution in [0.4, 0.5) is 4.79 Å². The number of benzene rings is 2. The lowest BCUT2D eigenvalue weighted by atomic mass is 10.3. The molecule has 0 aliphatic carbocycles. The van der Waals surface area contributed by atoms with E-state index < -0.39 is 0 Å². The van der Waals surface area contributed by atoms with Crippen LogP contribution in [0.3, 0.4) is 0 Å². The summed E-state index contributed by atoms with van der Waals surface area (Å²) in [6.07, 6.45) is 0. The van der Waals surface area contributed by atoms with E-state index in [0.29, 0.717) is 11.5 Å². The lowest BCUT2D eigenvalue weighted by molar-refractivity contribution is 0.275. The van der Waals surface area contributed by atoms with Gasteiger partial charge in [-0.3, -0.25) is 4.79 Å². The quantitative estimate of drug-likeness (QED) is 0.766. The van der Waals surface area contributed by atoms with Crippen molar-refractivity contribution in [1.82, 2.24) is 0 Å². The van der Waals surface area contributed by atoms with E-state index in [0.717, 1.165) is 24.1 Å². The van der Waals surface area contributed by atoms with Crippen molar-refractivity contribution < 1.29 is 13.2 Å². The molecule has 18 heavy (non-hydrogen) atoms. The van der Waals surface area contributed by atoms with Crippen molar-refractivity contribution in [2.75, 3.05) is 0 Å². The Balaban J connectivity index is 1.73. The third-order valence-corrected chi connectivity index (χ3v) is 3.13. The van der Waals surface area contributed by atoms with Crippen LogP contribution in [0.5, 0.6) is 11.5 Å². The number of rotatable bonds is 4. The molecule has 0 radical (unpaired) electrons. The Bertz CT molecular complexity index is 443. The van der Waals surface area contributed by atoms with Crippen LogP contribution in [0.1, 0.15) is 0 Å². The summed E-state index contributed by atoms with van der Waals surface area (Å²) in [6.45, 7) is 0. The Morgan fingerprint density at radius 3 is 1.50 bits per heavy atom. The Morgan fingerprint density at radius 1 is 0.722 bits per heavy atom. The monoisotopic (exact) mass is 278 g/mol. The summed E-state index contributed by atoms with van der Waals surface area (Å²) in [4.78, 5) is 11.5. The first kappa shape index (κ1) is 12.9. The molecular formula is C13H10O3S2. The minimum absolute atomic E-state index is 0.261. The minimum Gasteiger partial charge on any atom is -0.417 e. The number of hydrogen-bond donors (Lipinski definition) is 0. The largest absolute Gasteiger partial charge is 0.417 e. The number of hydrogen-bond acceptors (Lipinski definition) is 5. The summed E-state index contributed by atoms with van der Waals surface area (Å²) in [5.74, 6) is 1.27. The van der Waals surface area contributed by atoms with Crippen molar-refractivity contribution in [3.8, 4) is 11.5 Å². The highest BCUT2D eigenvalue weighted by Crippen LogP contribution is 2.24. The summed E-state index contributed by atoms with van der Waals surface area (Å²) in [7, 11) is 0. The van der Waals surface area contributed by atoms with Gasteiger partial charge in [0.25, 0.3) is 0 Å². The molecule has 0 saturated carbocycles. The van der Waals surface area contributed by atoms with Gasteiger partial charge in [-0.15, -0.1) is 0 Å². The molecule has 0 N–H and O–H groups in total. The number of para-hydroxylation sites is 2. The van der Waals surface area contributed by atoms with E-state index >= 15 is 0 Å². The number of carbonyl (C=O) groups excluding carboxylic acids is 1. The zero-order valence-electron chi connectivity index (χ0n) is 9.31. The van der Waals surface area contributed by atoms with Crippen molar-refractivity contribution in [2.45, 2.75) is 0 Å². The summed E-state index contributed by atoms with van der Waals surface area (Å²) < 4.78 is 10.2. The molecule has 0 aromatic heterocycles. The Kier molecular flexibility index (Phi) is 4.99. The summed E-state index contributed by atoms with van der Waals surface area (Å²) >= 11 is 1.50. The van der Waals surface area contributed by atoms with Crippen molar-refractivity contribution in [3.05, 3.63) is 60.7 Å². The van der Waals surface area contributed by atoms with Gasteiger partial charge >= 0.3 is 4.45 Å². The molecule has 2 aromatic rings. The smallest absolute Gasteiger partial charge is 0.323 e. The van der Waals surface area contributed by atoms with Crippen molar-refractivity contribution in [2.24, 2.45) is 0 Å². The fourth-order valence-electron chi connectivity index (χ4n) is 1.13. The highest BCUT2D eigenvalue weighted by Gasteiger charge is 2.08. The lowest BCUT2D eigenvalue weighted by Gasteiger charge is -2.03. The Hall–Kier alpha value is -1.59. The highest BCUT2D eigenvalue weighted by atomic mass is 32.2. The predicted molar refractivity (Wildman–Crippen MR) is 74.7 cm³/mol. The Labute approximate surface area is 114 Å².